The van der Waals surface area contributed by atoms with Gasteiger partial charge in [0.05, 0.1) is 22.7 Å². The van der Waals surface area contributed by atoms with Gasteiger partial charge < -0.3 is 10.2 Å². The van der Waals surface area contributed by atoms with Crippen LogP contribution < -0.4 is 9.62 Å². The number of fused-ring (bicyclic) bond motifs is 2. The van der Waals surface area contributed by atoms with E-state index in [-0.39, 0.29) is 16.4 Å². The Bertz CT molecular complexity index is 1500. The lowest BCUT2D eigenvalue weighted by atomic mass is 10.0. The van der Waals surface area contributed by atoms with Crippen LogP contribution in [0.2, 0.25) is 0 Å². The minimum absolute atomic E-state index is 0.0266. The van der Waals surface area contributed by atoms with Gasteiger partial charge in [0.25, 0.3) is 15.9 Å². The fourth-order valence-corrected chi connectivity index (χ4v) is 7.46. The second-order valence-electron chi connectivity index (χ2n) is 8.80. The smallest absolute Gasteiger partial charge is 0.264 e. The van der Waals surface area contributed by atoms with Crippen LogP contribution in [-0.4, -0.2) is 38.2 Å². The zero-order valence-corrected chi connectivity index (χ0v) is 21.3. The van der Waals surface area contributed by atoms with E-state index in [1.54, 1.807) is 4.90 Å². The van der Waals surface area contributed by atoms with Crippen molar-refractivity contribution in [3.8, 4) is 6.07 Å². The van der Waals surface area contributed by atoms with E-state index in [2.05, 4.69) is 11.4 Å². The van der Waals surface area contributed by atoms with Gasteiger partial charge in [0.2, 0.25) is 5.91 Å². The summed E-state index contributed by atoms with van der Waals surface area (Å²) in [5.74, 6) is -0.456. The van der Waals surface area contributed by atoms with Crippen molar-refractivity contribution in [2.75, 3.05) is 22.7 Å². The van der Waals surface area contributed by atoms with Crippen LogP contribution in [0.15, 0.2) is 53.4 Å². The molecule has 2 amide bonds. The van der Waals surface area contributed by atoms with Crippen molar-refractivity contribution < 1.29 is 18.0 Å². The first kappa shape index (κ1) is 24.0. The molecule has 0 bridgehead atoms. The molecule has 184 valence electrons. The van der Waals surface area contributed by atoms with E-state index < -0.39 is 15.9 Å². The molecule has 3 aromatic rings. The van der Waals surface area contributed by atoms with Crippen molar-refractivity contribution in [1.29, 1.82) is 5.26 Å². The molecule has 3 heterocycles. The number of thiophene rings is 1. The first-order valence-electron chi connectivity index (χ1n) is 11.6. The Kier molecular flexibility index (Phi) is 6.28. The maximum absolute atomic E-state index is 13.4. The van der Waals surface area contributed by atoms with Crippen molar-refractivity contribution in [2.24, 2.45) is 0 Å². The van der Waals surface area contributed by atoms with Crippen molar-refractivity contribution >= 4 is 43.9 Å². The third-order valence-corrected chi connectivity index (χ3v) is 9.57. The summed E-state index contributed by atoms with van der Waals surface area (Å²) in [5, 5.41) is 12.9. The number of sulfonamides is 1. The number of carbonyl (C=O) groups is 2. The lowest BCUT2D eigenvalue weighted by Gasteiger charge is -2.30. The largest absolute Gasteiger partial charge is 0.337 e. The maximum Gasteiger partial charge on any atom is 0.264 e. The van der Waals surface area contributed by atoms with Gasteiger partial charge in [0.1, 0.15) is 11.1 Å². The molecule has 1 N–H and O–H groups in total. The van der Waals surface area contributed by atoms with Gasteiger partial charge in [-0.25, -0.2) is 8.42 Å². The van der Waals surface area contributed by atoms with E-state index in [4.69, 9.17) is 0 Å². The molecule has 8 nitrogen and oxygen atoms in total. The lowest BCUT2D eigenvalue weighted by molar-refractivity contribution is -0.129. The molecule has 2 aliphatic rings. The molecule has 0 radical (unpaired) electrons. The summed E-state index contributed by atoms with van der Waals surface area (Å²) in [7, 11) is -3.77. The van der Waals surface area contributed by atoms with Crippen LogP contribution in [0.25, 0.3) is 0 Å². The monoisotopic (exact) mass is 520 g/mol. The molecule has 0 spiro atoms. The molecule has 2 aliphatic heterocycles. The van der Waals surface area contributed by atoms with Gasteiger partial charge in [0.15, 0.2) is 0 Å². The second kappa shape index (κ2) is 9.41. The zero-order valence-electron chi connectivity index (χ0n) is 19.7. The van der Waals surface area contributed by atoms with E-state index in [0.29, 0.717) is 42.3 Å². The molecule has 1 aromatic heterocycles. The van der Waals surface area contributed by atoms with Crippen molar-refractivity contribution in [3.63, 3.8) is 0 Å². The predicted molar refractivity (Wildman–Crippen MR) is 138 cm³/mol. The van der Waals surface area contributed by atoms with Gasteiger partial charge in [-0.3, -0.25) is 13.9 Å². The van der Waals surface area contributed by atoms with Gasteiger partial charge in [0, 0.05) is 30.5 Å². The Labute approximate surface area is 213 Å². The van der Waals surface area contributed by atoms with Crippen molar-refractivity contribution in [3.05, 3.63) is 75.7 Å². The van der Waals surface area contributed by atoms with Crippen molar-refractivity contribution in [2.45, 2.75) is 37.6 Å². The highest BCUT2D eigenvalue weighted by atomic mass is 32.2. The molecular formula is C26H24N4O4S2. The van der Waals surface area contributed by atoms with E-state index in [9.17, 15) is 23.3 Å². The third-order valence-electron chi connectivity index (χ3n) is 6.61. The SMILES string of the molecule is CC(=O)N1CCc2c(sc(NC(=O)c3ccc(S(=O)(=O)N4CCCc5ccccc54)cc3)c2C#N)C1. The Morgan fingerprint density at radius 1 is 1.06 bits per heavy atom. The Morgan fingerprint density at radius 3 is 2.53 bits per heavy atom. The number of aryl methyl sites for hydroxylation is 1. The number of nitrogens with zero attached hydrogens (tertiary/aromatic N) is 3. The first-order chi connectivity index (χ1) is 17.3. The van der Waals surface area contributed by atoms with Crippen LogP contribution >= 0.6 is 11.3 Å². The fourth-order valence-electron chi connectivity index (χ4n) is 4.71. The maximum atomic E-state index is 13.4. The summed E-state index contributed by atoms with van der Waals surface area (Å²) in [5.41, 5.74) is 3.28. The van der Waals surface area contributed by atoms with Crippen LogP contribution in [0.4, 0.5) is 10.7 Å². The van der Waals surface area contributed by atoms with E-state index in [0.717, 1.165) is 28.8 Å². The fraction of sp³-hybridized carbons (Fsp3) is 0.269. The number of carbonyl (C=O) groups excluding carboxylic acids is 2. The molecular weight excluding hydrogens is 496 g/mol. The second-order valence-corrected chi connectivity index (χ2v) is 11.8. The molecule has 0 unspecified atom stereocenters. The van der Waals surface area contributed by atoms with Gasteiger partial charge in [-0.05, 0) is 60.7 Å². The average molecular weight is 521 g/mol. The van der Waals surface area contributed by atoms with E-state index in [1.807, 2.05) is 24.3 Å². The number of hydrogen-bond donors (Lipinski definition) is 1. The van der Waals surface area contributed by atoms with E-state index >= 15 is 0 Å². The molecule has 5 rings (SSSR count). The summed E-state index contributed by atoms with van der Waals surface area (Å²) >= 11 is 1.30. The van der Waals surface area contributed by atoms with Crippen LogP contribution in [-0.2, 0) is 34.2 Å². The topological polar surface area (TPSA) is 111 Å². The number of hydrogen-bond acceptors (Lipinski definition) is 6. The first-order valence-corrected chi connectivity index (χ1v) is 13.9. The number of nitriles is 1. The van der Waals surface area contributed by atoms with Crippen LogP contribution in [0.5, 0.6) is 0 Å². The summed E-state index contributed by atoms with van der Waals surface area (Å²) in [6.07, 6.45) is 2.15. The Balaban J connectivity index is 1.36. The Hall–Kier alpha value is -3.68. The minimum Gasteiger partial charge on any atom is -0.337 e. The van der Waals surface area contributed by atoms with Gasteiger partial charge in [-0.2, -0.15) is 5.26 Å². The lowest BCUT2D eigenvalue weighted by Crippen LogP contribution is -2.35. The number of anilines is 2. The average Bonchev–Trinajstić information content (AvgIpc) is 3.24. The third kappa shape index (κ3) is 4.25. The summed E-state index contributed by atoms with van der Waals surface area (Å²) < 4.78 is 28.1. The normalized spacial score (nSPS) is 15.0. The summed E-state index contributed by atoms with van der Waals surface area (Å²) in [6, 6.07) is 15.5. The molecule has 0 saturated carbocycles. The molecule has 2 aromatic carbocycles. The molecule has 0 aliphatic carbocycles. The molecule has 10 heteroatoms. The highest BCUT2D eigenvalue weighted by Crippen LogP contribution is 2.37. The molecule has 0 saturated heterocycles. The van der Waals surface area contributed by atoms with Crippen LogP contribution in [0, 0.1) is 11.3 Å². The number of amides is 2. The molecule has 0 fully saturated rings. The standard InChI is InChI=1S/C26H24N4O4S2/c1-17(31)29-14-12-21-22(15-27)26(35-24(21)16-29)28-25(32)19-8-10-20(11-9-19)36(33,34)30-13-4-6-18-5-2-3-7-23(18)30/h2-3,5,7-11H,4,6,12-14,16H2,1H3,(H,28,32). The van der Waals surface area contributed by atoms with Crippen LogP contribution in [0.3, 0.4) is 0 Å². The molecule has 36 heavy (non-hydrogen) atoms. The number of benzene rings is 2. The van der Waals surface area contributed by atoms with Crippen LogP contribution in [0.1, 0.15) is 45.3 Å². The highest BCUT2D eigenvalue weighted by Gasteiger charge is 2.29. The molecule has 0 atom stereocenters. The van der Waals surface area contributed by atoms with Gasteiger partial charge in [-0.1, -0.05) is 18.2 Å². The van der Waals surface area contributed by atoms with Gasteiger partial charge in [-0.15, -0.1) is 11.3 Å². The quantitative estimate of drug-likeness (QED) is 0.561. The Morgan fingerprint density at radius 2 is 1.81 bits per heavy atom. The zero-order chi connectivity index (χ0) is 25.4. The number of rotatable bonds is 4. The predicted octanol–water partition coefficient (Wildman–Crippen LogP) is 3.92. The summed E-state index contributed by atoms with van der Waals surface area (Å²) in [6.45, 7) is 2.88. The summed E-state index contributed by atoms with van der Waals surface area (Å²) in [4.78, 5) is 27.4. The van der Waals surface area contributed by atoms with Gasteiger partial charge >= 0.3 is 0 Å². The van der Waals surface area contributed by atoms with Crippen molar-refractivity contribution in [1.82, 2.24) is 4.90 Å². The number of para-hydroxylation sites is 1. The number of nitrogens with one attached hydrogen (secondary N) is 1. The minimum atomic E-state index is -3.77. The highest BCUT2D eigenvalue weighted by molar-refractivity contribution is 7.92. The van der Waals surface area contributed by atoms with E-state index in [1.165, 1.54) is 46.8 Å².